The lowest BCUT2D eigenvalue weighted by Crippen LogP contribution is -2.04. The van der Waals surface area contributed by atoms with Gasteiger partial charge in [0.05, 0.1) is 6.61 Å². The van der Waals surface area contributed by atoms with Gasteiger partial charge in [-0.1, -0.05) is 0 Å². The van der Waals surface area contributed by atoms with Crippen LogP contribution in [0.15, 0.2) is 18.2 Å². The monoisotopic (exact) mass is 292 g/mol. The van der Waals surface area contributed by atoms with E-state index in [9.17, 15) is 0 Å². The number of hydrogen-bond donors (Lipinski definition) is 0. The van der Waals surface area contributed by atoms with E-state index in [0.717, 1.165) is 5.75 Å². The minimum atomic E-state index is 0.607. The molecule has 0 amide bonds. The van der Waals surface area contributed by atoms with Crippen molar-refractivity contribution in [1.29, 1.82) is 0 Å². The van der Waals surface area contributed by atoms with Crippen LogP contribution >= 0.6 is 22.6 Å². The topological polar surface area (TPSA) is 18.5 Å². The summed E-state index contributed by atoms with van der Waals surface area (Å²) >= 11 is 2.28. The molecule has 2 nitrogen and oxygen atoms in total. The van der Waals surface area contributed by atoms with Crippen LogP contribution in [0.2, 0.25) is 0 Å². The Morgan fingerprint density at radius 2 is 2.00 bits per heavy atom. The van der Waals surface area contributed by atoms with Crippen LogP contribution in [-0.2, 0) is 4.74 Å². The van der Waals surface area contributed by atoms with Gasteiger partial charge in [0, 0.05) is 10.7 Å². The summed E-state index contributed by atoms with van der Waals surface area (Å²) in [4.78, 5) is 0. The number of aryl methyl sites for hydroxylation is 1. The summed E-state index contributed by atoms with van der Waals surface area (Å²) in [5.41, 5.74) is 1.22. The highest BCUT2D eigenvalue weighted by atomic mass is 127. The van der Waals surface area contributed by atoms with Gasteiger partial charge >= 0.3 is 0 Å². The van der Waals surface area contributed by atoms with E-state index in [4.69, 9.17) is 9.47 Å². The molecule has 0 heterocycles. The van der Waals surface area contributed by atoms with E-state index < -0.39 is 0 Å². The quantitative estimate of drug-likeness (QED) is 0.627. The molecule has 0 bridgehead atoms. The van der Waals surface area contributed by atoms with Crippen molar-refractivity contribution in [3.63, 3.8) is 0 Å². The van der Waals surface area contributed by atoms with Gasteiger partial charge < -0.3 is 9.47 Å². The second kappa shape index (κ2) is 5.44. The average Bonchev–Trinajstić information content (AvgIpc) is 2.03. The van der Waals surface area contributed by atoms with Crippen LogP contribution in [-0.4, -0.2) is 20.3 Å². The fourth-order valence-electron chi connectivity index (χ4n) is 1.03. The zero-order valence-corrected chi connectivity index (χ0v) is 10.00. The van der Waals surface area contributed by atoms with Gasteiger partial charge in [-0.3, -0.25) is 0 Å². The summed E-state index contributed by atoms with van der Waals surface area (Å²) in [7, 11) is 1.67. The standard InChI is InChI=1S/C10H13IO2/c1-8-5-9(11)7-10(6-8)13-4-3-12-2/h5-7H,3-4H2,1-2H3. The van der Waals surface area contributed by atoms with Gasteiger partial charge in [0.15, 0.2) is 0 Å². The number of benzene rings is 1. The second-order valence-electron chi connectivity index (χ2n) is 2.81. The molecule has 0 aliphatic rings. The fourth-order valence-corrected chi connectivity index (χ4v) is 1.83. The Labute approximate surface area is 92.4 Å². The number of hydrogen-bond acceptors (Lipinski definition) is 2. The van der Waals surface area contributed by atoms with Gasteiger partial charge in [0.2, 0.25) is 0 Å². The molecule has 0 fully saturated rings. The number of ether oxygens (including phenoxy) is 2. The Hall–Kier alpha value is -0.290. The van der Waals surface area contributed by atoms with Gasteiger partial charge in [-0.25, -0.2) is 0 Å². The first kappa shape index (κ1) is 10.8. The predicted octanol–water partition coefficient (Wildman–Crippen LogP) is 2.62. The molecule has 1 aromatic carbocycles. The molecule has 0 radical (unpaired) electrons. The van der Waals surface area contributed by atoms with Crippen molar-refractivity contribution in [3.8, 4) is 5.75 Å². The molecule has 0 saturated heterocycles. The summed E-state index contributed by atoms with van der Waals surface area (Å²) in [6.07, 6.45) is 0. The third-order valence-electron chi connectivity index (χ3n) is 1.57. The van der Waals surface area contributed by atoms with Crippen LogP contribution in [0.1, 0.15) is 5.56 Å². The van der Waals surface area contributed by atoms with Crippen molar-refractivity contribution >= 4 is 22.6 Å². The van der Waals surface area contributed by atoms with Crippen molar-refractivity contribution < 1.29 is 9.47 Å². The number of halogens is 1. The largest absolute Gasteiger partial charge is 0.491 e. The number of rotatable bonds is 4. The SMILES string of the molecule is COCCOc1cc(C)cc(I)c1. The fraction of sp³-hybridized carbons (Fsp3) is 0.400. The Morgan fingerprint density at radius 1 is 1.23 bits per heavy atom. The van der Waals surface area contributed by atoms with E-state index in [2.05, 4.69) is 35.6 Å². The van der Waals surface area contributed by atoms with Gasteiger partial charge in [-0.15, -0.1) is 0 Å². The van der Waals surface area contributed by atoms with Crippen LogP contribution in [0.3, 0.4) is 0 Å². The average molecular weight is 292 g/mol. The highest BCUT2D eigenvalue weighted by molar-refractivity contribution is 14.1. The van der Waals surface area contributed by atoms with Crippen molar-refractivity contribution in [3.05, 3.63) is 27.3 Å². The normalized spacial score (nSPS) is 10.1. The zero-order valence-electron chi connectivity index (χ0n) is 7.84. The van der Waals surface area contributed by atoms with E-state index in [1.165, 1.54) is 9.13 Å². The highest BCUT2D eigenvalue weighted by Crippen LogP contribution is 2.17. The summed E-state index contributed by atoms with van der Waals surface area (Å²) in [6, 6.07) is 6.16. The Morgan fingerprint density at radius 3 is 2.62 bits per heavy atom. The van der Waals surface area contributed by atoms with E-state index in [-0.39, 0.29) is 0 Å². The molecule has 0 spiro atoms. The minimum absolute atomic E-state index is 0.607. The lowest BCUT2D eigenvalue weighted by Gasteiger charge is -2.06. The molecular formula is C10H13IO2. The Balaban J connectivity index is 2.56. The highest BCUT2D eigenvalue weighted by Gasteiger charge is 1.96. The van der Waals surface area contributed by atoms with Gasteiger partial charge in [-0.05, 0) is 53.3 Å². The first-order chi connectivity index (χ1) is 6.22. The lowest BCUT2D eigenvalue weighted by molar-refractivity contribution is 0.146. The van der Waals surface area contributed by atoms with Crippen molar-refractivity contribution in [2.24, 2.45) is 0 Å². The number of methoxy groups -OCH3 is 1. The summed E-state index contributed by atoms with van der Waals surface area (Å²) < 4.78 is 11.6. The van der Waals surface area contributed by atoms with Gasteiger partial charge in [0.1, 0.15) is 12.4 Å². The van der Waals surface area contributed by atoms with Gasteiger partial charge in [-0.2, -0.15) is 0 Å². The molecule has 0 aromatic heterocycles. The van der Waals surface area contributed by atoms with Crippen molar-refractivity contribution in [2.45, 2.75) is 6.92 Å². The first-order valence-corrected chi connectivity index (χ1v) is 5.19. The summed E-state index contributed by atoms with van der Waals surface area (Å²) in [6.45, 7) is 3.30. The smallest absolute Gasteiger partial charge is 0.120 e. The Kier molecular flexibility index (Phi) is 4.52. The molecule has 1 rings (SSSR count). The Bertz CT molecular complexity index is 253. The van der Waals surface area contributed by atoms with Crippen molar-refractivity contribution in [2.75, 3.05) is 20.3 Å². The molecule has 0 saturated carbocycles. The molecule has 13 heavy (non-hydrogen) atoms. The van der Waals surface area contributed by atoms with Crippen LogP contribution < -0.4 is 4.74 Å². The zero-order chi connectivity index (χ0) is 9.68. The molecule has 0 aliphatic heterocycles. The predicted molar refractivity (Wildman–Crippen MR) is 61.3 cm³/mol. The first-order valence-electron chi connectivity index (χ1n) is 4.11. The van der Waals surface area contributed by atoms with E-state index in [1.54, 1.807) is 7.11 Å². The van der Waals surface area contributed by atoms with Gasteiger partial charge in [0.25, 0.3) is 0 Å². The maximum absolute atomic E-state index is 5.48. The molecular weight excluding hydrogens is 279 g/mol. The second-order valence-corrected chi connectivity index (χ2v) is 4.05. The lowest BCUT2D eigenvalue weighted by atomic mass is 10.2. The van der Waals surface area contributed by atoms with Crippen LogP contribution in [0.5, 0.6) is 5.75 Å². The van der Waals surface area contributed by atoms with Crippen LogP contribution in [0.25, 0.3) is 0 Å². The third kappa shape index (κ3) is 3.95. The maximum atomic E-state index is 5.48. The van der Waals surface area contributed by atoms with Crippen LogP contribution in [0, 0.1) is 10.5 Å². The minimum Gasteiger partial charge on any atom is -0.491 e. The molecule has 1 aromatic rings. The third-order valence-corrected chi connectivity index (χ3v) is 2.19. The summed E-state index contributed by atoms with van der Waals surface area (Å²) in [5, 5.41) is 0. The van der Waals surface area contributed by atoms with E-state index >= 15 is 0 Å². The van der Waals surface area contributed by atoms with Crippen molar-refractivity contribution in [1.82, 2.24) is 0 Å². The molecule has 0 aliphatic carbocycles. The van der Waals surface area contributed by atoms with E-state index in [1.807, 2.05) is 12.1 Å². The molecule has 0 unspecified atom stereocenters. The maximum Gasteiger partial charge on any atom is 0.120 e. The van der Waals surface area contributed by atoms with Crippen LogP contribution in [0.4, 0.5) is 0 Å². The molecule has 72 valence electrons. The molecule has 3 heteroatoms. The van der Waals surface area contributed by atoms with E-state index in [0.29, 0.717) is 13.2 Å². The molecule has 0 N–H and O–H groups in total. The molecule has 0 atom stereocenters. The summed E-state index contributed by atoms with van der Waals surface area (Å²) in [5.74, 6) is 0.918.